The van der Waals surface area contributed by atoms with Crippen LogP contribution in [0.3, 0.4) is 0 Å². The maximum atomic E-state index is 13.5. The Kier molecular flexibility index (Phi) is 5.07. The van der Waals surface area contributed by atoms with Gasteiger partial charge in [0.05, 0.1) is 17.3 Å². The van der Waals surface area contributed by atoms with E-state index in [1.54, 1.807) is 23.0 Å². The number of halogens is 1. The molecule has 1 aliphatic rings. The van der Waals surface area contributed by atoms with E-state index < -0.39 is 0 Å². The van der Waals surface area contributed by atoms with Crippen LogP contribution in [0.2, 0.25) is 5.02 Å². The van der Waals surface area contributed by atoms with E-state index in [9.17, 15) is 4.79 Å². The van der Waals surface area contributed by atoms with Gasteiger partial charge in [-0.1, -0.05) is 41.9 Å². The summed E-state index contributed by atoms with van der Waals surface area (Å²) in [6.45, 7) is 2.77. The van der Waals surface area contributed by atoms with Crippen molar-refractivity contribution in [2.24, 2.45) is 0 Å². The topological polar surface area (TPSA) is 51.0 Å². The van der Waals surface area contributed by atoms with Crippen molar-refractivity contribution in [1.82, 2.24) is 19.4 Å². The highest BCUT2D eigenvalue weighted by molar-refractivity contribution is 6.30. The van der Waals surface area contributed by atoms with Crippen LogP contribution in [0, 0.1) is 0 Å². The number of hydrogen-bond donors (Lipinski definition) is 0. The zero-order valence-corrected chi connectivity index (χ0v) is 17.2. The molecule has 1 aromatic carbocycles. The molecule has 0 bridgehead atoms. The van der Waals surface area contributed by atoms with E-state index in [-0.39, 0.29) is 5.56 Å². The maximum Gasteiger partial charge on any atom is 0.257 e. The highest BCUT2D eigenvalue weighted by Crippen LogP contribution is 2.25. The lowest BCUT2D eigenvalue weighted by Crippen LogP contribution is -2.37. The van der Waals surface area contributed by atoms with Gasteiger partial charge in [-0.2, -0.15) is 0 Å². The largest absolute Gasteiger partial charge is 0.294 e. The molecule has 1 aliphatic heterocycles. The van der Waals surface area contributed by atoms with E-state index in [2.05, 4.69) is 45.2 Å². The molecule has 0 aliphatic carbocycles. The summed E-state index contributed by atoms with van der Waals surface area (Å²) in [4.78, 5) is 24.8. The van der Waals surface area contributed by atoms with Gasteiger partial charge in [0, 0.05) is 43.0 Å². The predicted octanol–water partition coefficient (Wildman–Crippen LogP) is 4.05. The van der Waals surface area contributed by atoms with Crippen molar-refractivity contribution in [3.8, 4) is 0 Å². The highest BCUT2D eigenvalue weighted by Gasteiger charge is 2.24. The highest BCUT2D eigenvalue weighted by atomic mass is 35.5. The first-order valence-corrected chi connectivity index (χ1v) is 10.4. The van der Waals surface area contributed by atoms with Crippen molar-refractivity contribution in [2.75, 3.05) is 6.54 Å². The standard InChI is InChI=1S/C24H21ClN4O/c25-18-8-9-19(27-13-18)15-29-23-21(7-4-11-26-23)20-10-12-28(16-22(20)24(29)30)14-17-5-2-1-3-6-17/h1-9,11,13H,10,12,14-16H2. The van der Waals surface area contributed by atoms with Crippen molar-refractivity contribution >= 4 is 22.6 Å². The molecular formula is C24H21ClN4O. The van der Waals surface area contributed by atoms with Crippen LogP contribution in [0.25, 0.3) is 11.0 Å². The molecule has 0 saturated heterocycles. The lowest BCUT2D eigenvalue weighted by molar-refractivity contribution is 0.244. The molecule has 0 N–H and O–H groups in total. The molecule has 0 radical (unpaired) electrons. The molecular weight excluding hydrogens is 396 g/mol. The number of benzene rings is 1. The molecule has 150 valence electrons. The number of rotatable bonds is 4. The van der Waals surface area contributed by atoms with E-state index >= 15 is 0 Å². The SMILES string of the molecule is O=c1c2c(c3cccnc3n1Cc1ccc(Cl)cn1)CCN(Cc1ccccc1)C2. The molecule has 0 saturated carbocycles. The van der Waals surface area contributed by atoms with Gasteiger partial charge in [0.25, 0.3) is 5.56 Å². The lowest BCUT2D eigenvalue weighted by atomic mass is 9.97. The van der Waals surface area contributed by atoms with Crippen LogP contribution in [-0.4, -0.2) is 26.0 Å². The van der Waals surface area contributed by atoms with Gasteiger partial charge in [-0.25, -0.2) is 4.98 Å². The van der Waals surface area contributed by atoms with Gasteiger partial charge >= 0.3 is 0 Å². The monoisotopic (exact) mass is 416 g/mol. The van der Waals surface area contributed by atoms with Crippen LogP contribution >= 0.6 is 11.6 Å². The summed E-state index contributed by atoms with van der Waals surface area (Å²) in [5.41, 5.74) is 4.78. The fraction of sp³-hybridized carbons (Fsp3) is 0.208. The zero-order valence-electron chi connectivity index (χ0n) is 16.5. The smallest absolute Gasteiger partial charge is 0.257 e. The Balaban J connectivity index is 1.56. The Morgan fingerprint density at radius 2 is 1.80 bits per heavy atom. The second-order valence-corrected chi connectivity index (χ2v) is 8.07. The van der Waals surface area contributed by atoms with Gasteiger partial charge in [-0.3, -0.25) is 19.2 Å². The average molecular weight is 417 g/mol. The van der Waals surface area contributed by atoms with E-state index in [0.29, 0.717) is 18.1 Å². The molecule has 0 atom stereocenters. The van der Waals surface area contributed by atoms with E-state index in [0.717, 1.165) is 47.4 Å². The number of pyridine rings is 3. The van der Waals surface area contributed by atoms with Crippen molar-refractivity contribution in [3.05, 3.63) is 105 Å². The van der Waals surface area contributed by atoms with Gasteiger partial charge in [0.15, 0.2) is 0 Å². The maximum absolute atomic E-state index is 13.5. The van der Waals surface area contributed by atoms with Crippen molar-refractivity contribution in [1.29, 1.82) is 0 Å². The number of aromatic nitrogens is 3. The van der Waals surface area contributed by atoms with Crippen LogP contribution in [0.4, 0.5) is 0 Å². The molecule has 0 amide bonds. The zero-order chi connectivity index (χ0) is 20.5. The summed E-state index contributed by atoms with van der Waals surface area (Å²) in [5, 5.41) is 1.64. The molecule has 0 spiro atoms. The van der Waals surface area contributed by atoms with Gasteiger partial charge < -0.3 is 0 Å². The normalized spacial score (nSPS) is 14.0. The molecule has 3 aromatic heterocycles. The number of nitrogens with zero attached hydrogens (tertiary/aromatic N) is 4. The van der Waals surface area contributed by atoms with Crippen LogP contribution in [0.1, 0.15) is 22.4 Å². The quantitative estimate of drug-likeness (QED) is 0.503. The summed E-state index contributed by atoms with van der Waals surface area (Å²) in [7, 11) is 0. The first-order chi connectivity index (χ1) is 14.7. The molecule has 0 unspecified atom stereocenters. The van der Waals surface area contributed by atoms with E-state index in [4.69, 9.17) is 11.6 Å². The van der Waals surface area contributed by atoms with Crippen LogP contribution in [0.5, 0.6) is 0 Å². The molecule has 30 heavy (non-hydrogen) atoms. The van der Waals surface area contributed by atoms with Crippen LogP contribution < -0.4 is 5.56 Å². The second kappa shape index (κ2) is 8.01. The van der Waals surface area contributed by atoms with E-state index in [1.165, 1.54) is 5.56 Å². The van der Waals surface area contributed by atoms with Gasteiger partial charge in [-0.15, -0.1) is 0 Å². The Morgan fingerprint density at radius 3 is 2.60 bits per heavy atom. The first-order valence-electron chi connectivity index (χ1n) is 10.0. The Morgan fingerprint density at radius 1 is 0.933 bits per heavy atom. The van der Waals surface area contributed by atoms with Gasteiger partial charge in [-0.05, 0) is 41.8 Å². The molecule has 5 rings (SSSR count). The predicted molar refractivity (Wildman–Crippen MR) is 119 cm³/mol. The summed E-state index contributed by atoms with van der Waals surface area (Å²) < 4.78 is 1.75. The van der Waals surface area contributed by atoms with Gasteiger partial charge in [0.2, 0.25) is 0 Å². The summed E-state index contributed by atoms with van der Waals surface area (Å²) in [5.74, 6) is 0. The number of hydrogen-bond acceptors (Lipinski definition) is 4. The van der Waals surface area contributed by atoms with Crippen LogP contribution in [-0.2, 0) is 26.1 Å². The Labute approximate surface area is 179 Å². The first kappa shape index (κ1) is 19.0. The van der Waals surface area contributed by atoms with Crippen molar-refractivity contribution in [3.63, 3.8) is 0 Å². The van der Waals surface area contributed by atoms with E-state index in [1.807, 2.05) is 18.2 Å². The Bertz CT molecular complexity index is 1250. The molecule has 0 fully saturated rings. The summed E-state index contributed by atoms with van der Waals surface area (Å²) in [6.07, 6.45) is 4.20. The number of fused-ring (bicyclic) bond motifs is 3. The second-order valence-electron chi connectivity index (χ2n) is 7.64. The summed E-state index contributed by atoms with van der Waals surface area (Å²) >= 11 is 5.97. The third kappa shape index (κ3) is 3.62. The molecule has 5 nitrogen and oxygen atoms in total. The van der Waals surface area contributed by atoms with Crippen LogP contribution in [0.15, 0.2) is 71.8 Å². The minimum absolute atomic E-state index is 0.0192. The van der Waals surface area contributed by atoms with Gasteiger partial charge in [0.1, 0.15) is 5.65 Å². The minimum atomic E-state index is 0.0192. The molecule has 4 aromatic rings. The third-order valence-electron chi connectivity index (χ3n) is 5.65. The molecule has 6 heteroatoms. The average Bonchev–Trinajstić information content (AvgIpc) is 2.79. The van der Waals surface area contributed by atoms with Crippen molar-refractivity contribution in [2.45, 2.75) is 26.1 Å². The fourth-order valence-electron chi connectivity index (χ4n) is 4.20. The molecule has 4 heterocycles. The summed E-state index contributed by atoms with van der Waals surface area (Å²) in [6, 6.07) is 18.0. The fourth-order valence-corrected chi connectivity index (χ4v) is 4.32. The van der Waals surface area contributed by atoms with Crippen molar-refractivity contribution < 1.29 is 0 Å². The Hall–Kier alpha value is -3.02. The lowest BCUT2D eigenvalue weighted by Gasteiger charge is -2.29. The third-order valence-corrected chi connectivity index (χ3v) is 5.88. The minimum Gasteiger partial charge on any atom is -0.294 e.